The van der Waals surface area contributed by atoms with E-state index in [-0.39, 0.29) is 6.03 Å². The maximum atomic E-state index is 11.6. The number of hydrogen-bond donors (Lipinski definition) is 3. The number of carbonyl (C=O) groups excluding carboxylic acids is 2. The molecule has 1 aromatic rings. The number of urea groups is 1. The molecule has 0 aliphatic carbocycles. The summed E-state index contributed by atoms with van der Waals surface area (Å²) in [5.41, 5.74) is 0.625. The Morgan fingerprint density at radius 2 is 1.95 bits per heavy atom. The summed E-state index contributed by atoms with van der Waals surface area (Å²) >= 11 is 0. The van der Waals surface area contributed by atoms with Gasteiger partial charge in [-0.3, -0.25) is 0 Å². The number of carbonyl (C=O) groups is 2. The van der Waals surface area contributed by atoms with Crippen LogP contribution in [0.5, 0.6) is 5.75 Å². The number of hydrogen-bond acceptors (Lipinski definition) is 4. The minimum absolute atomic E-state index is 0.296. The molecule has 7 heteroatoms. The van der Waals surface area contributed by atoms with Crippen LogP contribution < -0.4 is 20.7 Å². The van der Waals surface area contributed by atoms with Gasteiger partial charge >= 0.3 is 12.1 Å². The lowest BCUT2D eigenvalue weighted by Gasteiger charge is -2.09. The zero-order valence-corrected chi connectivity index (χ0v) is 11.6. The molecule has 0 aliphatic rings. The number of amides is 3. The molecular weight excluding hydrogens is 262 g/mol. The summed E-state index contributed by atoms with van der Waals surface area (Å²) in [4.78, 5) is 22.5. The fourth-order valence-electron chi connectivity index (χ4n) is 1.40. The third-order valence-electron chi connectivity index (χ3n) is 2.28. The molecule has 1 aromatic carbocycles. The van der Waals surface area contributed by atoms with E-state index in [4.69, 9.17) is 4.74 Å². The standard InChI is InChI=1S/C13H19N3O4/c1-3-20-13(18)15-8-7-14-12(17)16-10-5-4-6-11(9-10)19-2/h4-6,9H,3,7-8H2,1-2H3,(H,15,18)(H2,14,16,17). The van der Waals surface area contributed by atoms with E-state index in [9.17, 15) is 9.59 Å². The number of methoxy groups -OCH3 is 1. The van der Waals surface area contributed by atoms with Crippen molar-refractivity contribution in [2.75, 3.05) is 32.1 Å². The summed E-state index contributed by atoms with van der Waals surface area (Å²) in [7, 11) is 1.56. The van der Waals surface area contributed by atoms with E-state index in [0.717, 1.165) is 0 Å². The van der Waals surface area contributed by atoms with Crippen LogP contribution in [-0.4, -0.2) is 38.9 Å². The fraction of sp³-hybridized carbons (Fsp3) is 0.385. The van der Waals surface area contributed by atoms with Crippen molar-refractivity contribution in [1.29, 1.82) is 0 Å². The number of rotatable bonds is 6. The molecule has 0 radical (unpaired) electrons. The second-order valence-electron chi connectivity index (χ2n) is 3.76. The van der Waals surface area contributed by atoms with Crippen LogP contribution in [0.15, 0.2) is 24.3 Å². The molecular formula is C13H19N3O4. The second-order valence-corrected chi connectivity index (χ2v) is 3.76. The molecule has 0 fully saturated rings. The molecule has 20 heavy (non-hydrogen) atoms. The highest BCUT2D eigenvalue weighted by molar-refractivity contribution is 5.89. The summed E-state index contributed by atoms with van der Waals surface area (Å²) in [6.45, 7) is 2.63. The second kappa shape index (κ2) is 8.63. The molecule has 110 valence electrons. The van der Waals surface area contributed by atoms with Gasteiger partial charge in [-0.2, -0.15) is 0 Å². The zero-order chi connectivity index (χ0) is 14.8. The number of ether oxygens (including phenoxy) is 2. The first-order valence-electron chi connectivity index (χ1n) is 6.25. The Hall–Kier alpha value is -2.44. The Balaban J connectivity index is 2.24. The van der Waals surface area contributed by atoms with Gasteiger partial charge in [-0.1, -0.05) is 6.07 Å². The summed E-state index contributed by atoms with van der Waals surface area (Å²) in [6, 6.07) is 6.65. The van der Waals surface area contributed by atoms with Crippen LogP contribution in [-0.2, 0) is 4.74 Å². The van der Waals surface area contributed by atoms with E-state index in [1.54, 1.807) is 38.3 Å². The van der Waals surface area contributed by atoms with E-state index in [2.05, 4.69) is 20.7 Å². The van der Waals surface area contributed by atoms with Gasteiger partial charge in [0.15, 0.2) is 0 Å². The maximum absolute atomic E-state index is 11.6. The van der Waals surface area contributed by atoms with Gasteiger partial charge in [0.2, 0.25) is 0 Å². The van der Waals surface area contributed by atoms with Crippen LogP contribution in [0.1, 0.15) is 6.92 Å². The average Bonchev–Trinajstić information content (AvgIpc) is 2.44. The van der Waals surface area contributed by atoms with Crippen molar-refractivity contribution in [3.05, 3.63) is 24.3 Å². The summed E-state index contributed by atoms with van der Waals surface area (Å²) in [6.07, 6.45) is -0.498. The molecule has 0 aliphatic heterocycles. The first kappa shape index (κ1) is 15.6. The lowest BCUT2D eigenvalue weighted by Crippen LogP contribution is -2.37. The lowest BCUT2D eigenvalue weighted by atomic mass is 10.3. The van der Waals surface area contributed by atoms with Crippen molar-refractivity contribution >= 4 is 17.8 Å². The number of benzene rings is 1. The van der Waals surface area contributed by atoms with Gasteiger partial charge in [0.1, 0.15) is 5.75 Å². The largest absolute Gasteiger partial charge is 0.497 e. The van der Waals surface area contributed by atoms with Crippen molar-refractivity contribution in [1.82, 2.24) is 10.6 Å². The van der Waals surface area contributed by atoms with Crippen LogP contribution >= 0.6 is 0 Å². The Labute approximate surface area is 117 Å². The van der Waals surface area contributed by atoms with Gasteiger partial charge in [-0.05, 0) is 19.1 Å². The number of anilines is 1. The monoisotopic (exact) mass is 281 g/mol. The Morgan fingerprint density at radius 3 is 2.65 bits per heavy atom. The van der Waals surface area contributed by atoms with Crippen LogP contribution in [0.4, 0.5) is 15.3 Å². The van der Waals surface area contributed by atoms with Gasteiger partial charge in [0, 0.05) is 24.8 Å². The normalized spacial score (nSPS) is 9.50. The minimum Gasteiger partial charge on any atom is -0.497 e. The third-order valence-corrected chi connectivity index (χ3v) is 2.28. The Kier molecular flexibility index (Phi) is 6.74. The smallest absolute Gasteiger partial charge is 0.407 e. The van der Waals surface area contributed by atoms with Gasteiger partial charge in [-0.15, -0.1) is 0 Å². The molecule has 0 unspecified atom stereocenters. The topological polar surface area (TPSA) is 88.7 Å². The number of alkyl carbamates (subject to hydrolysis) is 1. The number of nitrogens with one attached hydrogen (secondary N) is 3. The molecule has 0 bridgehead atoms. The molecule has 0 spiro atoms. The van der Waals surface area contributed by atoms with Crippen LogP contribution in [0.2, 0.25) is 0 Å². The molecule has 0 heterocycles. The van der Waals surface area contributed by atoms with Crippen molar-refractivity contribution in [2.24, 2.45) is 0 Å². The average molecular weight is 281 g/mol. The quantitative estimate of drug-likeness (QED) is 0.690. The predicted molar refractivity (Wildman–Crippen MR) is 75.0 cm³/mol. The minimum atomic E-state index is -0.498. The molecule has 0 aromatic heterocycles. The molecule has 0 saturated carbocycles. The van der Waals surface area contributed by atoms with Crippen molar-refractivity contribution in [3.8, 4) is 5.75 Å². The summed E-state index contributed by atoms with van der Waals surface area (Å²) < 4.78 is 9.73. The molecule has 0 saturated heterocycles. The SMILES string of the molecule is CCOC(=O)NCCNC(=O)Nc1cccc(OC)c1. The van der Waals surface area contributed by atoms with E-state index >= 15 is 0 Å². The highest BCUT2D eigenvalue weighted by Gasteiger charge is 2.03. The van der Waals surface area contributed by atoms with E-state index < -0.39 is 6.09 Å². The van der Waals surface area contributed by atoms with E-state index in [0.29, 0.717) is 31.1 Å². The predicted octanol–water partition coefficient (Wildman–Crippen LogP) is 1.56. The summed E-state index contributed by atoms with van der Waals surface area (Å²) in [5.74, 6) is 0.659. The lowest BCUT2D eigenvalue weighted by molar-refractivity contribution is 0.152. The third kappa shape index (κ3) is 5.94. The van der Waals surface area contributed by atoms with Crippen LogP contribution in [0, 0.1) is 0 Å². The first-order chi connectivity index (χ1) is 9.65. The molecule has 1 rings (SSSR count). The van der Waals surface area contributed by atoms with E-state index in [1.165, 1.54) is 0 Å². The van der Waals surface area contributed by atoms with Gasteiger partial charge in [-0.25, -0.2) is 9.59 Å². The Morgan fingerprint density at radius 1 is 1.20 bits per heavy atom. The van der Waals surface area contributed by atoms with Gasteiger partial charge in [0.05, 0.1) is 13.7 Å². The van der Waals surface area contributed by atoms with Gasteiger partial charge < -0.3 is 25.4 Å². The van der Waals surface area contributed by atoms with Crippen molar-refractivity contribution in [3.63, 3.8) is 0 Å². The first-order valence-corrected chi connectivity index (χ1v) is 6.25. The van der Waals surface area contributed by atoms with Crippen molar-refractivity contribution < 1.29 is 19.1 Å². The maximum Gasteiger partial charge on any atom is 0.407 e. The summed E-state index contributed by atoms with van der Waals surface area (Å²) in [5, 5.41) is 7.76. The van der Waals surface area contributed by atoms with Crippen LogP contribution in [0.25, 0.3) is 0 Å². The van der Waals surface area contributed by atoms with Crippen molar-refractivity contribution in [2.45, 2.75) is 6.92 Å². The Bertz CT molecular complexity index is 451. The van der Waals surface area contributed by atoms with E-state index in [1.807, 2.05) is 0 Å². The highest BCUT2D eigenvalue weighted by Crippen LogP contribution is 2.16. The molecule has 7 nitrogen and oxygen atoms in total. The molecule has 0 atom stereocenters. The zero-order valence-electron chi connectivity index (χ0n) is 11.6. The molecule has 3 N–H and O–H groups in total. The fourth-order valence-corrected chi connectivity index (χ4v) is 1.40. The molecule has 3 amide bonds. The highest BCUT2D eigenvalue weighted by atomic mass is 16.5. The van der Waals surface area contributed by atoms with Gasteiger partial charge in [0.25, 0.3) is 0 Å². The van der Waals surface area contributed by atoms with Crippen LogP contribution in [0.3, 0.4) is 0 Å².